The fourth-order valence-electron chi connectivity index (χ4n) is 2.16. The molecule has 0 spiro atoms. The van der Waals surface area contributed by atoms with Gasteiger partial charge in [-0.05, 0) is 36.4 Å². The number of halogens is 1. The van der Waals surface area contributed by atoms with Crippen LogP contribution in [0.2, 0.25) is 5.02 Å². The van der Waals surface area contributed by atoms with Gasteiger partial charge < -0.3 is 4.74 Å². The molecule has 3 aromatic rings. The molecule has 0 atom stereocenters. The van der Waals surface area contributed by atoms with Crippen molar-refractivity contribution in [3.63, 3.8) is 0 Å². The van der Waals surface area contributed by atoms with Crippen molar-refractivity contribution in [2.75, 3.05) is 4.72 Å². The highest BCUT2D eigenvalue weighted by molar-refractivity contribution is 7.92. The number of anilines is 1. The van der Waals surface area contributed by atoms with E-state index in [1.807, 2.05) is 12.1 Å². The molecule has 0 saturated heterocycles. The maximum atomic E-state index is 12.5. The van der Waals surface area contributed by atoms with Crippen molar-refractivity contribution < 1.29 is 13.2 Å². The molecule has 0 aliphatic heterocycles. The van der Waals surface area contributed by atoms with Gasteiger partial charge in [-0.25, -0.2) is 23.1 Å². The number of aromatic nitrogens is 2. The molecule has 0 unspecified atom stereocenters. The molecule has 8 nitrogen and oxygen atoms in total. The fraction of sp³-hybridized carbons (Fsp3) is 0. The van der Waals surface area contributed by atoms with E-state index in [4.69, 9.17) is 21.6 Å². The lowest BCUT2D eigenvalue weighted by atomic mass is 10.2. The first-order valence-electron chi connectivity index (χ1n) is 7.64. The van der Waals surface area contributed by atoms with Crippen LogP contribution in [-0.2, 0) is 10.0 Å². The molecule has 10 heteroatoms. The van der Waals surface area contributed by atoms with Crippen molar-refractivity contribution in [2.24, 2.45) is 0 Å². The zero-order chi connectivity index (χ0) is 20.1. The zero-order valence-corrected chi connectivity index (χ0v) is 15.6. The van der Waals surface area contributed by atoms with Crippen molar-refractivity contribution in [3.05, 3.63) is 71.0 Å². The van der Waals surface area contributed by atoms with E-state index in [0.29, 0.717) is 5.75 Å². The van der Waals surface area contributed by atoms with Gasteiger partial charge >= 0.3 is 0 Å². The van der Waals surface area contributed by atoms with Crippen LogP contribution in [0.1, 0.15) is 11.1 Å². The summed E-state index contributed by atoms with van der Waals surface area (Å²) in [6.45, 7) is 0. The van der Waals surface area contributed by atoms with Gasteiger partial charge in [-0.2, -0.15) is 10.5 Å². The summed E-state index contributed by atoms with van der Waals surface area (Å²) < 4.78 is 32.8. The number of benzene rings is 2. The highest BCUT2D eigenvalue weighted by atomic mass is 35.5. The molecular formula is C18H10ClN5O3S. The number of ether oxygens (including phenoxy) is 1. The predicted molar refractivity (Wildman–Crippen MR) is 100 cm³/mol. The monoisotopic (exact) mass is 411 g/mol. The number of hydrogen-bond donors (Lipinski definition) is 1. The number of sulfonamides is 1. The molecule has 2 aromatic carbocycles. The minimum Gasteiger partial charge on any atom is -0.456 e. The lowest BCUT2D eigenvalue weighted by Gasteiger charge is -2.11. The summed E-state index contributed by atoms with van der Waals surface area (Å²) in [6, 6.07) is 13.6. The summed E-state index contributed by atoms with van der Waals surface area (Å²) >= 11 is 5.96. The third kappa shape index (κ3) is 4.18. The van der Waals surface area contributed by atoms with Gasteiger partial charge in [0.05, 0.1) is 21.0 Å². The highest BCUT2D eigenvalue weighted by Gasteiger charge is 2.18. The minimum atomic E-state index is -3.99. The van der Waals surface area contributed by atoms with E-state index in [1.165, 1.54) is 48.8 Å². The van der Waals surface area contributed by atoms with Gasteiger partial charge in [0.25, 0.3) is 10.0 Å². The number of hydrogen-bond acceptors (Lipinski definition) is 7. The first-order chi connectivity index (χ1) is 13.4. The SMILES string of the molecule is N#Cc1ccc(Oc2ccc(S(=O)(=O)Nc3ncccn3)cc2C#N)cc1Cl. The Morgan fingerprint density at radius 3 is 2.36 bits per heavy atom. The number of nitrogens with one attached hydrogen (secondary N) is 1. The molecule has 0 saturated carbocycles. The fourth-order valence-corrected chi connectivity index (χ4v) is 3.36. The minimum absolute atomic E-state index is 0.00247. The average Bonchev–Trinajstić information content (AvgIpc) is 2.69. The Kier molecular flexibility index (Phi) is 5.41. The van der Waals surface area contributed by atoms with Crippen LogP contribution in [0.3, 0.4) is 0 Å². The van der Waals surface area contributed by atoms with Crippen LogP contribution >= 0.6 is 11.6 Å². The summed E-state index contributed by atoms with van der Waals surface area (Å²) in [5.74, 6) is 0.346. The summed E-state index contributed by atoms with van der Waals surface area (Å²) in [5, 5.41) is 18.5. The summed E-state index contributed by atoms with van der Waals surface area (Å²) in [4.78, 5) is 7.45. The summed E-state index contributed by atoms with van der Waals surface area (Å²) in [6.07, 6.45) is 2.79. The topological polar surface area (TPSA) is 129 Å². The highest BCUT2D eigenvalue weighted by Crippen LogP contribution is 2.30. The molecule has 1 aromatic heterocycles. The van der Waals surface area contributed by atoms with E-state index >= 15 is 0 Å². The molecule has 0 aliphatic rings. The third-order valence-electron chi connectivity index (χ3n) is 3.46. The van der Waals surface area contributed by atoms with Gasteiger partial charge in [0.2, 0.25) is 5.95 Å². The van der Waals surface area contributed by atoms with Crippen LogP contribution in [-0.4, -0.2) is 18.4 Å². The van der Waals surface area contributed by atoms with Crippen LogP contribution in [0, 0.1) is 22.7 Å². The Balaban J connectivity index is 1.89. The Morgan fingerprint density at radius 2 is 1.71 bits per heavy atom. The van der Waals surface area contributed by atoms with Crippen molar-refractivity contribution in [2.45, 2.75) is 4.90 Å². The van der Waals surface area contributed by atoms with E-state index in [9.17, 15) is 13.7 Å². The van der Waals surface area contributed by atoms with E-state index < -0.39 is 10.0 Å². The third-order valence-corrected chi connectivity index (χ3v) is 5.10. The number of nitriles is 2. The molecule has 138 valence electrons. The van der Waals surface area contributed by atoms with Gasteiger partial charge in [-0.1, -0.05) is 11.6 Å². The van der Waals surface area contributed by atoms with Crippen molar-refractivity contribution in [3.8, 4) is 23.6 Å². The maximum absolute atomic E-state index is 12.5. The Hall–Kier alpha value is -3.66. The van der Waals surface area contributed by atoms with Crippen molar-refractivity contribution >= 4 is 27.6 Å². The van der Waals surface area contributed by atoms with Crippen LogP contribution in [0.15, 0.2) is 59.8 Å². The van der Waals surface area contributed by atoms with Gasteiger partial charge in [-0.3, -0.25) is 0 Å². The van der Waals surface area contributed by atoms with Crippen molar-refractivity contribution in [1.82, 2.24) is 9.97 Å². The average molecular weight is 412 g/mol. The maximum Gasteiger partial charge on any atom is 0.264 e. The molecule has 0 aliphatic carbocycles. The zero-order valence-electron chi connectivity index (χ0n) is 14.0. The van der Waals surface area contributed by atoms with Gasteiger partial charge in [-0.15, -0.1) is 0 Å². The second-order valence-electron chi connectivity index (χ2n) is 5.30. The normalized spacial score (nSPS) is 10.5. The van der Waals surface area contributed by atoms with E-state index in [0.717, 1.165) is 0 Å². The quantitative estimate of drug-likeness (QED) is 0.680. The molecule has 1 heterocycles. The number of nitrogens with zero attached hydrogens (tertiary/aromatic N) is 4. The lowest BCUT2D eigenvalue weighted by molar-refractivity contribution is 0.480. The van der Waals surface area contributed by atoms with E-state index in [1.54, 1.807) is 6.07 Å². The second-order valence-corrected chi connectivity index (χ2v) is 7.39. The smallest absolute Gasteiger partial charge is 0.264 e. The molecule has 0 radical (unpaired) electrons. The van der Waals surface area contributed by atoms with Gasteiger partial charge in [0.1, 0.15) is 23.6 Å². The van der Waals surface area contributed by atoms with Crippen LogP contribution in [0.5, 0.6) is 11.5 Å². The van der Waals surface area contributed by atoms with Crippen LogP contribution < -0.4 is 9.46 Å². The Labute approximate surface area is 165 Å². The number of rotatable bonds is 5. The molecule has 0 bridgehead atoms. The van der Waals surface area contributed by atoms with Crippen molar-refractivity contribution in [1.29, 1.82) is 10.5 Å². The van der Waals surface area contributed by atoms with Gasteiger partial charge in [0, 0.05) is 18.5 Å². The molecule has 0 amide bonds. The summed E-state index contributed by atoms with van der Waals surface area (Å²) in [7, 11) is -3.99. The van der Waals surface area contributed by atoms with E-state index in [-0.39, 0.29) is 32.7 Å². The molecular weight excluding hydrogens is 402 g/mol. The van der Waals surface area contributed by atoms with Gasteiger partial charge in [0.15, 0.2) is 0 Å². The first kappa shape index (κ1) is 19.1. The first-order valence-corrected chi connectivity index (χ1v) is 9.50. The van der Waals surface area contributed by atoms with E-state index in [2.05, 4.69) is 14.7 Å². The molecule has 28 heavy (non-hydrogen) atoms. The molecule has 3 rings (SSSR count). The summed E-state index contributed by atoms with van der Waals surface area (Å²) in [5.41, 5.74) is 0.280. The second kappa shape index (κ2) is 7.92. The predicted octanol–water partition coefficient (Wildman–Crippen LogP) is 3.47. The van der Waals surface area contributed by atoms with Crippen LogP contribution in [0.4, 0.5) is 5.95 Å². The van der Waals surface area contributed by atoms with Crippen LogP contribution in [0.25, 0.3) is 0 Å². The molecule has 1 N–H and O–H groups in total. The molecule has 0 fully saturated rings. The largest absolute Gasteiger partial charge is 0.456 e. The standard InChI is InChI=1S/C18H10ClN5O3S/c19-16-9-14(3-2-12(16)10-20)27-17-5-4-15(8-13(17)11-21)28(25,26)24-18-22-6-1-7-23-18/h1-9H,(H,22,23,24). The Morgan fingerprint density at radius 1 is 1.00 bits per heavy atom. The Bertz CT molecular complexity index is 1220. The lowest BCUT2D eigenvalue weighted by Crippen LogP contribution is -2.15.